The number of rotatable bonds is 3. The van der Waals surface area contributed by atoms with Gasteiger partial charge >= 0.3 is 6.18 Å². The van der Waals surface area contributed by atoms with Crippen LogP contribution in [0.4, 0.5) is 18.9 Å². The predicted octanol–water partition coefficient (Wildman–Crippen LogP) is 2.73. The molecule has 0 spiro atoms. The van der Waals surface area contributed by atoms with Crippen LogP contribution in [0.25, 0.3) is 0 Å². The van der Waals surface area contributed by atoms with Gasteiger partial charge in [0, 0.05) is 26.0 Å². The number of amides is 1. The van der Waals surface area contributed by atoms with Crippen LogP contribution in [0.2, 0.25) is 0 Å². The minimum Gasteiger partial charge on any atom is -0.308 e. The molecule has 1 atom stereocenters. The summed E-state index contributed by atoms with van der Waals surface area (Å²) in [6.07, 6.45) is 0.362. The van der Waals surface area contributed by atoms with Crippen LogP contribution in [0.5, 0.6) is 0 Å². The van der Waals surface area contributed by atoms with Gasteiger partial charge in [0.1, 0.15) is 0 Å². The first-order valence-corrected chi connectivity index (χ1v) is 7.72. The Morgan fingerprint density at radius 2 is 2.09 bits per heavy atom. The Balaban J connectivity index is 1.68. The first kappa shape index (κ1) is 15.9. The zero-order valence-electron chi connectivity index (χ0n) is 12.1. The number of carbonyl (C=O) groups is 1. The van der Waals surface area contributed by atoms with E-state index in [-0.39, 0.29) is 11.2 Å². The maximum atomic E-state index is 12.5. The van der Waals surface area contributed by atoms with Gasteiger partial charge in [-0.15, -0.1) is 0 Å². The summed E-state index contributed by atoms with van der Waals surface area (Å²) in [6.45, 7) is 0.558. The lowest BCUT2D eigenvalue weighted by Crippen LogP contribution is -2.27. The zero-order chi connectivity index (χ0) is 16.6. The summed E-state index contributed by atoms with van der Waals surface area (Å²) < 4.78 is 39.1. The molecule has 5 nitrogen and oxygen atoms in total. The summed E-state index contributed by atoms with van der Waals surface area (Å²) in [6, 6.07) is 2.28. The summed E-state index contributed by atoms with van der Waals surface area (Å²) in [5.74, 6) is -0.0790. The average molecular weight is 342 g/mol. The Morgan fingerprint density at radius 3 is 2.65 bits per heavy atom. The van der Waals surface area contributed by atoms with Crippen LogP contribution in [0, 0.1) is 0 Å². The van der Waals surface area contributed by atoms with E-state index in [1.165, 1.54) is 17.8 Å². The number of anilines is 1. The summed E-state index contributed by atoms with van der Waals surface area (Å²) in [4.78, 5) is 17.8. The number of alkyl halides is 3. The van der Waals surface area contributed by atoms with Gasteiger partial charge in [0.15, 0.2) is 0 Å². The lowest BCUT2D eigenvalue weighted by atomic mass is 10.3. The number of aryl methyl sites for hydroxylation is 1. The van der Waals surface area contributed by atoms with Crippen LogP contribution < -0.4 is 4.90 Å². The maximum absolute atomic E-state index is 12.5. The third kappa shape index (κ3) is 3.34. The lowest BCUT2D eigenvalue weighted by molar-refractivity contribution is -0.137. The third-order valence-electron chi connectivity index (χ3n) is 3.49. The van der Waals surface area contributed by atoms with Gasteiger partial charge in [-0.1, -0.05) is 11.8 Å². The molecule has 0 aromatic carbocycles. The lowest BCUT2D eigenvalue weighted by Gasteiger charge is -2.14. The van der Waals surface area contributed by atoms with Crippen LogP contribution in [0.15, 0.2) is 35.7 Å². The highest BCUT2D eigenvalue weighted by molar-refractivity contribution is 8.00. The molecule has 1 fully saturated rings. The molecule has 0 N–H and O–H groups in total. The second kappa shape index (κ2) is 5.88. The van der Waals surface area contributed by atoms with Crippen molar-refractivity contribution in [1.82, 2.24) is 14.8 Å². The molecule has 0 radical (unpaired) electrons. The van der Waals surface area contributed by atoms with Crippen molar-refractivity contribution in [3.05, 3.63) is 36.3 Å². The third-order valence-corrected chi connectivity index (χ3v) is 4.69. The van der Waals surface area contributed by atoms with Crippen LogP contribution in [-0.2, 0) is 18.0 Å². The standard InChI is InChI=1S/C14H13F3N4OS/c1-20-8-10(7-19-20)21-5-4-11(13(21)22)23-12-3-2-9(6-18-12)14(15,16)17/h2-3,6-8,11H,4-5H2,1H3/t11-/m1/s1. The van der Waals surface area contributed by atoms with Gasteiger partial charge in [0.25, 0.3) is 0 Å². The van der Waals surface area contributed by atoms with E-state index in [4.69, 9.17) is 0 Å². The fraction of sp³-hybridized carbons (Fsp3) is 0.357. The molecule has 1 amide bonds. The van der Waals surface area contributed by atoms with Gasteiger partial charge in [-0.25, -0.2) is 4.98 Å². The Labute approximate surface area is 134 Å². The molecule has 0 saturated carbocycles. The molecule has 2 aromatic heterocycles. The van der Waals surface area contributed by atoms with Gasteiger partial charge in [-0.3, -0.25) is 9.48 Å². The van der Waals surface area contributed by atoms with E-state index < -0.39 is 11.7 Å². The summed E-state index contributed by atoms with van der Waals surface area (Å²) >= 11 is 1.19. The Kier molecular flexibility index (Phi) is 4.05. The summed E-state index contributed by atoms with van der Waals surface area (Å²) in [5, 5.41) is 4.09. The summed E-state index contributed by atoms with van der Waals surface area (Å²) in [5.41, 5.74) is -0.0717. The van der Waals surface area contributed by atoms with Gasteiger partial charge in [0.2, 0.25) is 5.91 Å². The number of thioether (sulfide) groups is 1. The molecule has 2 aromatic rings. The molecule has 122 valence electrons. The van der Waals surface area contributed by atoms with E-state index in [1.54, 1.807) is 29.0 Å². The predicted molar refractivity (Wildman–Crippen MR) is 79.1 cm³/mol. The van der Waals surface area contributed by atoms with Gasteiger partial charge < -0.3 is 4.90 Å². The molecule has 0 unspecified atom stereocenters. The molecule has 9 heteroatoms. The van der Waals surface area contributed by atoms with Crippen molar-refractivity contribution in [2.45, 2.75) is 22.9 Å². The second-order valence-electron chi connectivity index (χ2n) is 5.14. The van der Waals surface area contributed by atoms with Crippen molar-refractivity contribution in [3.63, 3.8) is 0 Å². The number of nitrogens with zero attached hydrogens (tertiary/aromatic N) is 4. The molecule has 23 heavy (non-hydrogen) atoms. The van der Waals surface area contributed by atoms with Crippen molar-refractivity contribution >= 4 is 23.4 Å². The van der Waals surface area contributed by atoms with Crippen molar-refractivity contribution in [2.24, 2.45) is 7.05 Å². The van der Waals surface area contributed by atoms with Gasteiger partial charge in [-0.2, -0.15) is 18.3 Å². The fourth-order valence-corrected chi connectivity index (χ4v) is 3.33. The minimum atomic E-state index is -4.41. The van der Waals surface area contributed by atoms with E-state index in [2.05, 4.69) is 10.1 Å². The van der Waals surface area contributed by atoms with Crippen LogP contribution in [0.1, 0.15) is 12.0 Å². The molecule has 1 saturated heterocycles. The normalized spacial score (nSPS) is 18.7. The average Bonchev–Trinajstić information content (AvgIpc) is 3.06. The van der Waals surface area contributed by atoms with Crippen molar-refractivity contribution < 1.29 is 18.0 Å². The number of halogens is 3. The van der Waals surface area contributed by atoms with E-state index in [0.717, 1.165) is 18.0 Å². The first-order chi connectivity index (χ1) is 10.8. The van der Waals surface area contributed by atoms with Gasteiger partial charge in [-0.05, 0) is 18.6 Å². The van der Waals surface area contributed by atoms with E-state index in [9.17, 15) is 18.0 Å². The number of hydrogen-bond donors (Lipinski definition) is 0. The molecule has 3 heterocycles. The quantitative estimate of drug-likeness (QED) is 0.861. The SMILES string of the molecule is Cn1cc(N2CC[C@@H](Sc3ccc(C(F)(F)F)cn3)C2=O)cn1. The molecular formula is C14H13F3N4OS. The van der Waals surface area contributed by atoms with Crippen molar-refractivity contribution in [2.75, 3.05) is 11.4 Å². The smallest absolute Gasteiger partial charge is 0.308 e. The van der Waals surface area contributed by atoms with Crippen LogP contribution in [-0.4, -0.2) is 32.5 Å². The monoisotopic (exact) mass is 342 g/mol. The van der Waals surface area contributed by atoms with Gasteiger partial charge in [0.05, 0.1) is 27.7 Å². The molecular weight excluding hydrogens is 329 g/mol. The number of aromatic nitrogens is 3. The number of carbonyl (C=O) groups excluding carboxylic acids is 1. The number of hydrogen-bond acceptors (Lipinski definition) is 4. The largest absolute Gasteiger partial charge is 0.417 e. The van der Waals surface area contributed by atoms with Crippen molar-refractivity contribution in [1.29, 1.82) is 0 Å². The number of pyridine rings is 1. The van der Waals surface area contributed by atoms with Crippen LogP contribution >= 0.6 is 11.8 Å². The van der Waals surface area contributed by atoms with E-state index >= 15 is 0 Å². The highest BCUT2D eigenvalue weighted by Gasteiger charge is 2.35. The highest BCUT2D eigenvalue weighted by Crippen LogP contribution is 2.34. The summed E-state index contributed by atoms with van der Waals surface area (Å²) in [7, 11) is 1.77. The highest BCUT2D eigenvalue weighted by atomic mass is 32.2. The fourth-order valence-electron chi connectivity index (χ4n) is 2.33. The minimum absolute atomic E-state index is 0.0790. The first-order valence-electron chi connectivity index (χ1n) is 6.84. The van der Waals surface area contributed by atoms with Crippen molar-refractivity contribution in [3.8, 4) is 0 Å². The topological polar surface area (TPSA) is 51.0 Å². The molecule has 0 aliphatic carbocycles. The molecule has 0 bridgehead atoms. The second-order valence-corrected chi connectivity index (χ2v) is 6.36. The molecule has 3 rings (SSSR count). The maximum Gasteiger partial charge on any atom is 0.417 e. The zero-order valence-corrected chi connectivity index (χ0v) is 12.9. The van der Waals surface area contributed by atoms with E-state index in [0.29, 0.717) is 18.0 Å². The Morgan fingerprint density at radius 1 is 1.30 bits per heavy atom. The molecule has 1 aliphatic rings. The van der Waals surface area contributed by atoms with Crippen LogP contribution in [0.3, 0.4) is 0 Å². The van der Waals surface area contributed by atoms with E-state index in [1.807, 2.05) is 0 Å². The Hall–Kier alpha value is -2.03. The molecule has 1 aliphatic heterocycles. The Bertz CT molecular complexity index is 714.